The van der Waals surface area contributed by atoms with Gasteiger partial charge in [-0.15, -0.1) is 0 Å². The maximum absolute atomic E-state index is 9.00. The van der Waals surface area contributed by atoms with Crippen LogP contribution in [0.5, 0.6) is 0 Å². The molecular weight excluding hydrogens is 266 g/mol. The van der Waals surface area contributed by atoms with Gasteiger partial charge in [0.15, 0.2) is 5.58 Å². The number of nitrogen functional groups attached to an aromatic ring is 1. The number of anilines is 3. The average Bonchev–Trinajstić information content (AvgIpc) is 2.88. The molecule has 2 aromatic carbocycles. The summed E-state index contributed by atoms with van der Waals surface area (Å²) < 4.78 is 5.53. The van der Waals surface area contributed by atoms with E-state index in [1.54, 1.807) is 36.4 Å². The summed E-state index contributed by atoms with van der Waals surface area (Å²) in [6.07, 6.45) is 0. The standard InChI is InChI=1S/C15H9N5O/c16-7-9-1-3-12(5-10(9)8-17)19-15-20-13-6-11(18)2-4-14(13)21-15/h1-6H,18H2,(H,19,20). The first-order valence-corrected chi connectivity index (χ1v) is 6.07. The number of nitrogens with one attached hydrogen (secondary N) is 1. The van der Waals surface area contributed by atoms with Gasteiger partial charge in [-0.3, -0.25) is 0 Å². The Hall–Kier alpha value is -3.51. The lowest BCUT2D eigenvalue weighted by Gasteiger charge is -2.02. The van der Waals surface area contributed by atoms with Crippen molar-refractivity contribution in [3.8, 4) is 12.1 Å². The number of nitrogens with two attached hydrogens (primary N) is 1. The second kappa shape index (κ2) is 4.87. The molecule has 0 saturated carbocycles. The van der Waals surface area contributed by atoms with Crippen molar-refractivity contribution in [1.29, 1.82) is 10.5 Å². The fourth-order valence-electron chi connectivity index (χ4n) is 1.93. The number of hydrogen-bond donors (Lipinski definition) is 2. The van der Waals surface area contributed by atoms with Crippen molar-refractivity contribution < 1.29 is 4.42 Å². The molecule has 0 unspecified atom stereocenters. The van der Waals surface area contributed by atoms with Crippen LogP contribution in [0.4, 0.5) is 17.4 Å². The molecule has 6 heteroatoms. The molecule has 6 nitrogen and oxygen atoms in total. The first kappa shape index (κ1) is 12.5. The van der Waals surface area contributed by atoms with Gasteiger partial charge in [-0.1, -0.05) is 0 Å². The summed E-state index contributed by atoms with van der Waals surface area (Å²) in [5.74, 6) is 0. The van der Waals surface area contributed by atoms with Crippen LogP contribution in [0.3, 0.4) is 0 Å². The Morgan fingerprint density at radius 2 is 1.86 bits per heavy atom. The van der Waals surface area contributed by atoms with Crippen LogP contribution < -0.4 is 11.1 Å². The fourth-order valence-corrected chi connectivity index (χ4v) is 1.93. The van der Waals surface area contributed by atoms with Gasteiger partial charge >= 0.3 is 0 Å². The Labute approximate surface area is 120 Å². The highest BCUT2D eigenvalue weighted by molar-refractivity contribution is 5.78. The van der Waals surface area contributed by atoms with Crippen molar-refractivity contribution >= 4 is 28.5 Å². The topological polar surface area (TPSA) is 112 Å². The van der Waals surface area contributed by atoms with Gasteiger partial charge in [0.05, 0.1) is 11.1 Å². The molecule has 0 saturated heterocycles. The third kappa shape index (κ3) is 2.34. The van der Waals surface area contributed by atoms with Gasteiger partial charge in [0.2, 0.25) is 0 Å². The van der Waals surface area contributed by atoms with Gasteiger partial charge in [-0.2, -0.15) is 15.5 Å². The molecule has 0 atom stereocenters. The van der Waals surface area contributed by atoms with Gasteiger partial charge in [-0.25, -0.2) is 0 Å². The van der Waals surface area contributed by atoms with E-state index in [1.807, 2.05) is 12.1 Å². The molecule has 0 spiro atoms. The summed E-state index contributed by atoms with van der Waals surface area (Å²) in [7, 11) is 0. The second-order valence-electron chi connectivity index (χ2n) is 4.36. The highest BCUT2D eigenvalue weighted by Gasteiger charge is 2.08. The zero-order valence-electron chi connectivity index (χ0n) is 10.8. The molecule has 0 aliphatic carbocycles. The second-order valence-corrected chi connectivity index (χ2v) is 4.36. The molecule has 0 fully saturated rings. The van der Waals surface area contributed by atoms with E-state index in [4.69, 9.17) is 20.7 Å². The number of hydrogen-bond acceptors (Lipinski definition) is 6. The minimum Gasteiger partial charge on any atom is -0.423 e. The molecule has 0 bridgehead atoms. The summed E-state index contributed by atoms with van der Waals surface area (Å²) in [6.45, 7) is 0. The fraction of sp³-hybridized carbons (Fsp3) is 0. The highest BCUT2D eigenvalue weighted by Crippen LogP contribution is 2.24. The Balaban J connectivity index is 1.95. The van der Waals surface area contributed by atoms with E-state index >= 15 is 0 Å². The van der Waals surface area contributed by atoms with Crippen LogP contribution in [-0.2, 0) is 0 Å². The van der Waals surface area contributed by atoms with E-state index in [1.165, 1.54) is 0 Å². The summed E-state index contributed by atoms with van der Waals surface area (Å²) in [4.78, 5) is 4.26. The molecule has 0 amide bonds. The third-order valence-corrected chi connectivity index (χ3v) is 2.92. The molecule has 1 aromatic heterocycles. The largest absolute Gasteiger partial charge is 0.423 e. The molecule has 0 aliphatic rings. The number of nitrogens with zero attached hydrogens (tertiary/aromatic N) is 3. The van der Waals surface area contributed by atoms with Gasteiger partial charge in [0.1, 0.15) is 17.7 Å². The number of aromatic nitrogens is 1. The Kier molecular flexibility index (Phi) is 2.91. The van der Waals surface area contributed by atoms with E-state index in [2.05, 4.69) is 10.3 Å². The number of fused-ring (bicyclic) bond motifs is 1. The lowest BCUT2D eigenvalue weighted by Crippen LogP contribution is -1.92. The van der Waals surface area contributed by atoms with Crippen LogP contribution in [0.15, 0.2) is 40.8 Å². The summed E-state index contributed by atoms with van der Waals surface area (Å²) in [5.41, 5.74) is 8.79. The molecular formula is C15H9N5O. The van der Waals surface area contributed by atoms with E-state index in [0.29, 0.717) is 39.6 Å². The quantitative estimate of drug-likeness (QED) is 0.695. The summed E-state index contributed by atoms with van der Waals surface area (Å²) in [6, 6.07) is 14.2. The van der Waals surface area contributed by atoms with Crippen molar-refractivity contribution in [2.45, 2.75) is 0 Å². The molecule has 21 heavy (non-hydrogen) atoms. The first-order chi connectivity index (χ1) is 10.2. The third-order valence-electron chi connectivity index (χ3n) is 2.92. The lowest BCUT2D eigenvalue weighted by atomic mass is 10.1. The lowest BCUT2D eigenvalue weighted by molar-refractivity contribution is 0.623. The predicted octanol–water partition coefficient (Wildman–Crippen LogP) is 2.90. The van der Waals surface area contributed by atoms with Gasteiger partial charge < -0.3 is 15.5 Å². The highest BCUT2D eigenvalue weighted by atomic mass is 16.4. The minimum absolute atomic E-state index is 0.294. The summed E-state index contributed by atoms with van der Waals surface area (Å²) in [5, 5.41) is 20.9. The Morgan fingerprint density at radius 3 is 2.62 bits per heavy atom. The van der Waals surface area contributed by atoms with Gasteiger partial charge in [0, 0.05) is 11.4 Å². The van der Waals surface area contributed by atoms with E-state index < -0.39 is 0 Å². The van der Waals surface area contributed by atoms with Crippen LogP contribution in [0.25, 0.3) is 11.1 Å². The zero-order chi connectivity index (χ0) is 14.8. The molecule has 0 radical (unpaired) electrons. The average molecular weight is 275 g/mol. The van der Waals surface area contributed by atoms with Crippen molar-refractivity contribution in [3.63, 3.8) is 0 Å². The van der Waals surface area contributed by atoms with E-state index in [9.17, 15) is 0 Å². The van der Waals surface area contributed by atoms with Crippen molar-refractivity contribution in [2.75, 3.05) is 11.1 Å². The molecule has 100 valence electrons. The van der Waals surface area contributed by atoms with E-state index in [0.717, 1.165) is 0 Å². The van der Waals surface area contributed by atoms with Crippen LogP contribution in [0, 0.1) is 22.7 Å². The normalized spacial score (nSPS) is 10.0. The predicted molar refractivity (Wildman–Crippen MR) is 77.6 cm³/mol. The molecule has 1 heterocycles. The maximum atomic E-state index is 9.00. The Bertz CT molecular complexity index is 914. The molecule has 3 rings (SSSR count). The molecule has 3 N–H and O–H groups in total. The van der Waals surface area contributed by atoms with Gasteiger partial charge in [-0.05, 0) is 36.4 Å². The van der Waals surface area contributed by atoms with Crippen molar-refractivity contribution in [1.82, 2.24) is 4.98 Å². The van der Waals surface area contributed by atoms with Crippen LogP contribution >= 0.6 is 0 Å². The zero-order valence-corrected chi connectivity index (χ0v) is 10.8. The number of rotatable bonds is 2. The minimum atomic E-state index is 0.294. The first-order valence-electron chi connectivity index (χ1n) is 6.07. The van der Waals surface area contributed by atoms with Crippen LogP contribution in [0.1, 0.15) is 11.1 Å². The number of benzene rings is 2. The SMILES string of the molecule is N#Cc1ccc(Nc2nc3cc(N)ccc3o2)cc1C#N. The Morgan fingerprint density at radius 1 is 1.05 bits per heavy atom. The smallest absolute Gasteiger partial charge is 0.300 e. The van der Waals surface area contributed by atoms with Crippen molar-refractivity contribution in [3.05, 3.63) is 47.5 Å². The summed E-state index contributed by atoms with van der Waals surface area (Å²) >= 11 is 0. The number of oxazole rings is 1. The number of nitriles is 2. The maximum Gasteiger partial charge on any atom is 0.300 e. The van der Waals surface area contributed by atoms with Crippen LogP contribution in [-0.4, -0.2) is 4.98 Å². The van der Waals surface area contributed by atoms with Gasteiger partial charge in [0.25, 0.3) is 6.01 Å². The van der Waals surface area contributed by atoms with E-state index in [-0.39, 0.29) is 0 Å². The molecule has 0 aliphatic heterocycles. The van der Waals surface area contributed by atoms with Crippen LogP contribution in [0.2, 0.25) is 0 Å². The monoisotopic (exact) mass is 275 g/mol. The molecule has 3 aromatic rings. The van der Waals surface area contributed by atoms with Crippen molar-refractivity contribution in [2.24, 2.45) is 0 Å².